The molecule has 3 heterocycles. The van der Waals surface area contributed by atoms with Crippen LogP contribution in [0.2, 0.25) is 0 Å². The van der Waals surface area contributed by atoms with Gasteiger partial charge in [0.05, 0.1) is 12.3 Å². The highest BCUT2D eigenvalue weighted by atomic mass is 19.1. The van der Waals surface area contributed by atoms with Crippen LogP contribution in [0.15, 0.2) is 48.4 Å². The van der Waals surface area contributed by atoms with E-state index in [-0.39, 0.29) is 12.0 Å². The topological polar surface area (TPSA) is 54.4 Å². The van der Waals surface area contributed by atoms with Crippen LogP contribution in [-0.2, 0) is 13.5 Å². The molecule has 7 heteroatoms. The summed E-state index contributed by atoms with van der Waals surface area (Å²) in [7, 11) is 3.88. The second-order valence-electron chi connectivity index (χ2n) is 7.94. The van der Waals surface area contributed by atoms with Gasteiger partial charge < -0.3 is 20.3 Å². The van der Waals surface area contributed by atoms with Crippen molar-refractivity contribution in [2.45, 2.75) is 32.9 Å². The molecule has 0 fully saturated rings. The zero-order valence-electron chi connectivity index (χ0n) is 18.6. The summed E-state index contributed by atoms with van der Waals surface area (Å²) in [6.07, 6.45) is 9.94. The molecule has 0 spiro atoms. The minimum absolute atomic E-state index is 0.102. The molecule has 4 rings (SSSR count). The molecule has 0 radical (unpaired) electrons. The highest BCUT2D eigenvalue weighted by Gasteiger charge is 2.26. The van der Waals surface area contributed by atoms with Gasteiger partial charge in [-0.15, -0.1) is 0 Å². The van der Waals surface area contributed by atoms with Crippen molar-refractivity contribution in [1.29, 1.82) is 0 Å². The Labute approximate surface area is 183 Å². The Morgan fingerprint density at radius 2 is 2.10 bits per heavy atom. The Bertz CT molecular complexity index is 1050. The number of rotatable bonds is 8. The van der Waals surface area contributed by atoms with Crippen molar-refractivity contribution < 1.29 is 9.13 Å². The van der Waals surface area contributed by atoms with E-state index in [0.29, 0.717) is 18.8 Å². The van der Waals surface area contributed by atoms with Gasteiger partial charge >= 0.3 is 0 Å². The van der Waals surface area contributed by atoms with Crippen LogP contribution in [-0.4, -0.2) is 41.0 Å². The zero-order chi connectivity index (χ0) is 22.0. The largest absolute Gasteiger partial charge is 0.490 e. The molecule has 31 heavy (non-hydrogen) atoms. The third-order valence-corrected chi connectivity index (χ3v) is 5.95. The number of benzene rings is 1. The average molecular weight is 424 g/mol. The van der Waals surface area contributed by atoms with Crippen LogP contribution in [0.25, 0.3) is 5.57 Å². The lowest BCUT2D eigenvalue weighted by molar-refractivity contribution is 0.304. The van der Waals surface area contributed by atoms with Crippen LogP contribution >= 0.6 is 0 Å². The lowest BCUT2D eigenvalue weighted by atomic mass is 10.0. The number of aryl methyl sites for hydroxylation is 2. The lowest BCUT2D eigenvalue weighted by Crippen LogP contribution is -2.33. The summed E-state index contributed by atoms with van der Waals surface area (Å²) >= 11 is 0. The number of ether oxygens (including phenoxy) is 1. The predicted molar refractivity (Wildman–Crippen MR) is 121 cm³/mol. The van der Waals surface area contributed by atoms with Crippen LogP contribution in [0.4, 0.5) is 4.39 Å². The van der Waals surface area contributed by atoms with Crippen molar-refractivity contribution in [2.75, 3.05) is 20.2 Å². The zero-order valence-corrected chi connectivity index (χ0v) is 18.6. The summed E-state index contributed by atoms with van der Waals surface area (Å²) in [6, 6.07) is 5.09. The smallest absolute Gasteiger partial charge is 0.165 e. The van der Waals surface area contributed by atoms with E-state index in [1.807, 2.05) is 51.0 Å². The highest BCUT2D eigenvalue weighted by Crippen LogP contribution is 2.34. The summed E-state index contributed by atoms with van der Waals surface area (Å²) in [5.74, 6) is -0.0528. The standard InChI is InChI=1S/C24H30FN5O/c1-16-20(17(2)29(4)28-16)11-13-31-24-21(6-5-7-22(24)25)18-8-9-23-27-14-19(10-12-26-3)30(23)15-18/h5-9,14-15,23,26-27H,10-13H2,1-4H3. The molecular formula is C24H30FN5O. The molecule has 2 N–H and O–H groups in total. The molecule has 2 aliphatic rings. The number of aromatic nitrogens is 2. The monoisotopic (exact) mass is 423 g/mol. The molecule has 2 aromatic rings. The third kappa shape index (κ3) is 4.23. The molecule has 1 aromatic carbocycles. The second-order valence-corrected chi connectivity index (χ2v) is 7.94. The van der Waals surface area contributed by atoms with E-state index in [9.17, 15) is 4.39 Å². The quantitative estimate of drug-likeness (QED) is 0.682. The van der Waals surface area contributed by atoms with E-state index in [1.54, 1.807) is 6.07 Å². The highest BCUT2D eigenvalue weighted by molar-refractivity contribution is 5.79. The van der Waals surface area contributed by atoms with Gasteiger partial charge in [0.15, 0.2) is 11.6 Å². The fourth-order valence-corrected chi connectivity index (χ4v) is 4.15. The first kappa shape index (κ1) is 21.2. The third-order valence-electron chi connectivity index (χ3n) is 5.95. The maximum atomic E-state index is 14.8. The molecule has 1 aromatic heterocycles. The fraction of sp³-hybridized carbons (Fsp3) is 0.375. The van der Waals surface area contributed by atoms with Crippen molar-refractivity contribution in [3.8, 4) is 5.75 Å². The molecular weight excluding hydrogens is 393 g/mol. The van der Waals surface area contributed by atoms with Crippen molar-refractivity contribution in [3.05, 3.63) is 76.8 Å². The van der Waals surface area contributed by atoms with Gasteiger partial charge in [-0.1, -0.05) is 18.2 Å². The molecule has 2 aliphatic heterocycles. The Morgan fingerprint density at radius 1 is 1.26 bits per heavy atom. The Balaban J connectivity index is 1.54. The molecule has 1 unspecified atom stereocenters. The van der Waals surface area contributed by atoms with Crippen molar-refractivity contribution in [1.82, 2.24) is 25.3 Å². The van der Waals surface area contributed by atoms with Crippen LogP contribution in [0.1, 0.15) is 28.9 Å². The van der Waals surface area contributed by atoms with E-state index < -0.39 is 0 Å². The summed E-state index contributed by atoms with van der Waals surface area (Å²) in [5, 5.41) is 11.0. The van der Waals surface area contributed by atoms with Crippen molar-refractivity contribution >= 4 is 5.57 Å². The fourth-order valence-electron chi connectivity index (χ4n) is 4.15. The number of halogens is 1. The number of fused-ring (bicyclic) bond motifs is 1. The minimum Gasteiger partial charge on any atom is -0.490 e. The molecule has 0 saturated carbocycles. The Morgan fingerprint density at radius 3 is 2.84 bits per heavy atom. The molecule has 0 bridgehead atoms. The summed E-state index contributed by atoms with van der Waals surface area (Å²) in [5.41, 5.74) is 6.14. The predicted octanol–water partition coefficient (Wildman–Crippen LogP) is 3.39. The first-order chi connectivity index (χ1) is 15.0. The summed E-state index contributed by atoms with van der Waals surface area (Å²) in [6.45, 7) is 5.32. The Kier molecular flexibility index (Phi) is 6.13. The van der Waals surface area contributed by atoms with E-state index in [2.05, 4.69) is 32.9 Å². The van der Waals surface area contributed by atoms with Gasteiger partial charge in [0.25, 0.3) is 0 Å². The summed E-state index contributed by atoms with van der Waals surface area (Å²) in [4.78, 5) is 2.20. The number of allylic oxidation sites excluding steroid dienone is 2. The van der Waals surface area contributed by atoms with Crippen molar-refractivity contribution in [3.63, 3.8) is 0 Å². The van der Waals surface area contributed by atoms with Gasteiger partial charge in [-0.2, -0.15) is 5.10 Å². The number of nitrogens with zero attached hydrogens (tertiary/aromatic N) is 3. The van der Waals surface area contributed by atoms with Gasteiger partial charge in [0, 0.05) is 61.4 Å². The van der Waals surface area contributed by atoms with E-state index in [0.717, 1.165) is 41.1 Å². The average Bonchev–Trinajstić information content (AvgIpc) is 3.27. The summed E-state index contributed by atoms with van der Waals surface area (Å²) < 4.78 is 22.6. The molecule has 0 amide bonds. The molecule has 0 aliphatic carbocycles. The van der Waals surface area contributed by atoms with Gasteiger partial charge in [0.1, 0.15) is 6.17 Å². The van der Waals surface area contributed by atoms with Crippen molar-refractivity contribution in [2.24, 2.45) is 7.05 Å². The van der Waals surface area contributed by atoms with Crippen LogP contribution in [0.5, 0.6) is 5.75 Å². The first-order valence-electron chi connectivity index (χ1n) is 10.7. The number of nitrogens with one attached hydrogen (secondary N) is 2. The normalized spacial score (nSPS) is 17.3. The van der Waals surface area contributed by atoms with E-state index in [4.69, 9.17) is 4.74 Å². The number of para-hydroxylation sites is 1. The first-order valence-corrected chi connectivity index (χ1v) is 10.7. The SMILES string of the molecule is CNCCC1=CNC2C=CC(c3cccc(F)c3OCCc3c(C)nn(C)c3C)=CN12. The van der Waals surface area contributed by atoms with Crippen LogP contribution < -0.4 is 15.4 Å². The van der Waals surface area contributed by atoms with E-state index in [1.165, 1.54) is 11.8 Å². The maximum absolute atomic E-state index is 14.8. The number of hydrogen-bond acceptors (Lipinski definition) is 5. The molecule has 0 saturated heterocycles. The van der Waals surface area contributed by atoms with Gasteiger partial charge in [-0.3, -0.25) is 4.68 Å². The Hall–Kier alpha value is -3.06. The van der Waals surface area contributed by atoms with Crippen LogP contribution in [0, 0.1) is 19.7 Å². The molecule has 164 valence electrons. The maximum Gasteiger partial charge on any atom is 0.165 e. The van der Waals surface area contributed by atoms with Gasteiger partial charge in [-0.05, 0) is 38.6 Å². The second kappa shape index (κ2) is 8.98. The van der Waals surface area contributed by atoms with E-state index >= 15 is 0 Å². The molecule has 6 nitrogen and oxygen atoms in total. The van der Waals surface area contributed by atoms with Gasteiger partial charge in [-0.25, -0.2) is 4.39 Å². The lowest BCUT2D eigenvalue weighted by Gasteiger charge is -2.28. The minimum atomic E-state index is -0.348. The van der Waals surface area contributed by atoms with Gasteiger partial charge in [0.2, 0.25) is 0 Å². The molecule has 1 atom stereocenters. The van der Waals surface area contributed by atoms with Crippen LogP contribution in [0.3, 0.4) is 0 Å². The number of hydrogen-bond donors (Lipinski definition) is 2.